The Morgan fingerprint density at radius 2 is 2.00 bits per heavy atom. The van der Waals surface area contributed by atoms with Gasteiger partial charge in [-0.1, -0.05) is 12.8 Å². The molecule has 0 saturated heterocycles. The Hall–Kier alpha value is -0.810. The molecule has 17 heavy (non-hydrogen) atoms. The molecular weight excluding hydrogens is 214 g/mol. The standard InChI is InChI=1S/C12H25N5/c1-17(11-4-2-3-5-11)9-8-14-12(16-13)15-10-6-7-10/h10-11H,2-9,13H2,1H3,(H2,14,15,16). The monoisotopic (exact) mass is 239 g/mol. The van der Waals surface area contributed by atoms with Crippen LogP contribution in [0.5, 0.6) is 0 Å². The summed E-state index contributed by atoms with van der Waals surface area (Å²) in [5.41, 5.74) is 2.64. The molecule has 0 aromatic rings. The predicted octanol–water partition coefficient (Wildman–Crippen LogP) is 0.432. The van der Waals surface area contributed by atoms with Crippen molar-refractivity contribution in [1.82, 2.24) is 15.6 Å². The van der Waals surface area contributed by atoms with Crippen LogP contribution in [-0.4, -0.2) is 43.1 Å². The molecule has 0 aliphatic heterocycles. The molecule has 0 amide bonds. The zero-order chi connectivity index (χ0) is 12.1. The summed E-state index contributed by atoms with van der Waals surface area (Å²) in [6, 6.07) is 1.37. The first-order chi connectivity index (χ1) is 8.29. The summed E-state index contributed by atoms with van der Waals surface area (Å²) >= 11 is 0. The predicted molar refractivity (Wildman–Crippen MR) is 70.7 cm³/mol. The van der Waals surface area contributed by atoms with E-state index in [1.54, 1.807) is 0 Å². The molecule has 2 aliphatic rings. The van der Waals surface area contributed by atoms with Gasteiger partial charge in [-0.05, 0) is 32.7 Å². The van der Waals surface area contributed by atoms with Gasteiger partial charge in [0, 0.05) is 18.6 Å². The van der Waals surface area contributed by atoms with Gasteiger partial charge in [-0.15, -0.1) is 0 Å². The van der Waals surface area contributed by atoms with Crippen LogP contribution in [0.25, 0.3) is 0 Å². The van der Waals surface area contributed by atoms with Gasteiger partial charge in [0.05, 0.1) is 6.54 Å². The van der Waals surface area contributed by atoms with Gasteiger partial charge in [-0.2, -0.15) is 0 Å². The summed E-state index contributed by atoms with van der Waals surface area (Å²) in [5, 5.41) is 3.28. The molecule has 2 rings (SSSR count). The second-order valence-corrected chi connectivity index (χ2v) is 5.21. The Morgan fingerprint density at radius 1 is 1.29 bits per heavy atom. The van der Waals surface area contributed by atoms with E-state index in [9.17, 15) is 0 Å². The highest BCUT2D eigenvalue weighted by atomic mass is 15.3. The van der Waals surface area contributed by atoms with Crippen LogP contribution < -0.4 is 16.6 Å². The molecule has 4 N–H and O–H groups in total. The lowest BCUT2D eigenvalue weighted by atomic mass is 10.2. The van der Waals surface area contributed by atoms with Crippen molar-refractivity contribution in [2.75, 3.05) is 20.1 Å². The second kappa shape index (κ2) is 6.21. The molecule has 0 unspecified atom stereocenters. The maximum Gasteiger partial charge on any atom is 0.205 e. The fourth-order valence-electron chi connectivity index (χ4n) is 2.40. The lowest BCUT2D eigenvalue weighted by molar-refractivity contribution is 0.252. The van der Waals surface area contributed by atoms with E-state index >= 15 is 0 Å². The molecule has 2 fully saturated rings. The van der Waals surface area contributed by atoms with Crippen LogP contribution in [0.2, 0.25) is 0 Å². The molecule has 98 valence electrons. The Morgan fingerprint density at radius 3 is 2.59 bits per heavy atom. The lowest BCUT2D eigenvalue weighted by Crippen LogP contribution is -2.43. The van der Waals surface area contributed by atoms with E-state index in [4.69, 9.17) is 5.84 Å². The topological polar surface area (TPSA) is 65.7 Å². The SMILES string of the molecule is CN(CCN=C(NN)NC1CC1)C1CCCC1. The van der Waals surface area contributed by atoms with Crippen molar-refractivity contribution < 1.29 is 0 Å². The maximum atomic E-state index is 5.43. The van der Waals surface area contributed by atoms with Gasteiger partial charge in [0.15, 0.2) is 0 Å². The van der Waals surface area contributed by atoms with Crippen LogP contribution in [0.1, 0.15) is 38.5 Å². The summed E-state index contributed by atoms with van der Waals surface area (Å²) in [7, 11) is 2.20. The van der Waals surface area contributed by atoms with Crippen molar-refractivity contribution in [3.8, 4) is 0 Å². The van der Waals surface area contributed by atoms with Crippen LogP contribution in [0.3, 0.4) is 0 Å². The van der Waals surface area contributed by atoms with Crippen molar-refractivity contribution in [2.45, 2.75) is 50.6 Å². The highest BCUT2D eigenvalue weighted by Gasteiger charge is 2.22. The average molecular weight is 239 g/mol. The normalized spacial score (nSPS) is 22.2. The number of likely N-dealkylation sites (N-methyl/N-ethyl adjacent to an activating group) is 1. The summed E-state index contributed by atoms with van der Waals surface area (Å²) in [5.74, 6) is 6.17. The van der Waals surface area contributed by atoms with E-state index in [2.05, 4.69) is 27.7 Å². The van der Waals surface area contributed by atoms with Crippen LogP contribution in [-0.2, 0) is 0 Å². The zero-order valence-corrected chi connectivity index (χ0v) is 10.8. The number of guanidine groups is 1. The molecule has 0 aromatic carbocycles. The fourth-order valence-corrected chi connectivity index (χ4v) is 2.40. The third-order valence-electron chi connectivity index (χ3n) is 3.73. The smallest absolute Gasteiger partial charge is 0.205 e. The average Bonchev–Trinajstić information content (AvgIpc) is 2.97. The number of nitrogens with two attached hydrogens (primary N) is 1. The van der Waals surface area contributed by atoms with Crippen LogP contribution in [0.4, 0.5) is 0 Å². The van der Waals surface area contributed by atoms with E-state index in [-0.39, 0.29) is 0 Å². The lowest BCUT2D eigenvalue weighted by Gasteiger charge is -2.23. The zero-order valence-electron chi connectivity index (χ0n) is 10.8. The minimum absolute atomic E-state index is 0.595. The first-order valence-corrected chi connectivity index (χ1v) is 6.77. The Labute approximate surface area is 104 Å². The van der Waals surface area contributed by atoms with Gasteiger partial charge in [0.25, 0.3) is 0 Å². The van der Waals surface area contributed by atoms with Gasteiger partial charge in [0.1, 0.15) is 0 Å². The van der Waals surface area contributed by atoms with Crippen LogP contribution in [0, 0.1) is 0 Å². The second-order valence-electron chi connectivity index (χ2n) is 5.21. The summed E-state index contributed by atoms with van der Waals surface area (Å²) in [6.07, 6.45) is 7.95. The van der Waals surface area contributed by atoms with Gasteiger partial charge >= 0.3 is 0 Å². The number of nitrogens with one attached hydrogen (secondary N) is 2. The van der Waals surface area contributed by atoms with Crippen LogP contribution in [0.15, 0.2) is 4.99 Å². The van der Waals surface area contributed by atoms with Gasteiger partial charge < -0.3 is 10.2 Å². The highest BCUT2D eigenvalue weighted by molar-refractivity contribution is 5.79. The molecular formula is C12H25N5. The molecule has 5 heteroatoms. The Bertz CT molecular complexity index is 256. The summed E-state index contributed by atoms with van der Waals surface area (Å²) in [4.78, 5) is 6.89. The molecule has 0 spiro atoms. The van der Waals surface area contributed by atoms with Crippen molar-refractivity contribution in [1.29, 1.82) is 0 Å². The molecule has 2 aliphatic carbocycles. The van der Waals surface area contributed by atoms with E-state index in [0.717, 1.165) is 25.1 Å². The first kappa shape index (κ1) is 12.6. The van der Waals surface area contributed by atoms with E-state index in [1.807, 2.05) is 0 Å². The first-order valence-electron chi connectivity index (χ1n) is 6.77. The van der Waals surface area contributed by atoms with Crippen LogP contribution >= 0.6 is 0 Å². The maximum absolute atomic E-state index is 5.43. The molecule has 2 saturated carbocycles. The van der Waals surface area contributed by atoms with Gasteiger partial charge in [0.2, 0.25) is 5.96 Å². The van der Waals surface area contributed by atoms with Gasteiger partial charge in [-0.25, -0.2) is 5.84 Å². The molecule has 0 atom stereocenters. The highest BCUT2D eigenvalue weighted by Crippen LogP contribution is 2.22. The molecule has 5 nitrogen and oxygen atoms in total. The number of nitrogens with zero attached hydrogens (tertiary/aromatic N) is 2. The number of hydrogen-bond acceptors (Lipinski definition) is 3. The largest absolute Gasteiger partial charge is 0.353 e. The number of hydrazine groups is 1. The molecule has 0 bridgehead atoms. The van der Waals surface area contributed by atoms with Crippen molar-refractivity contribution in [2.24, 2.45) is 10.8 Å². The van der Waals surface area contributed by atoms with E-state index in [0.29, 0.717) is 6.04 Å². The summed E-state index contributed by atoms with van der Waals surface area (Å²) < 4.78 is 0. The quantitative estimate of drug-likeness (QED) is 0.282. The number of aliphatic imine (C=N–C) groups is 1. The third kappa shape index (κ3) is 4.16. The molecule has 0 heterocycles. The minimum atomic E-state index is 0.595. The summed E-state index contributed by atoms with van der Waals surface area (Å²) in [6.45, 7) is 1.83. The van der Waals surface area contributed by atoms with E-state index in [1.165, 1.54) is 38.5 Å². The molecule has 0 radical (unpaired) electrons. The minimum Gasteiger partial charge on any atom is -0.353 e. The number of rotatable bonds is 5. The van der Waals surface area contributed by atoms with Crippen molar-refractivity contribution >= 4 is 5.96 Å². The van der Waals surface area contributed by atoms with Gasteiger partial charge in [-0.3, -0.25) is 10.4 Å². The van der Waals surface area contributed by atoms with Crippen molar-refractivity contribution in [3.63, 3.8) is 0 Å². The number of hydrogen-bond donors (Lipinski definition) is 3. The van der Waals surface area contributed by atoms with E-state index < -0.39 is 0 Å². The third-order valence-corrected chi connectivity index (χ3v) is 3.73. The fraction of sp³-hybridized carbons (Fsp3) is 0.917. The molecule has 0 aromatic heterocycles. The van der Waals surface area contributed by atoms with Crippen molar-refractivity contribution in [3.05, 3.63) is 0 Å². The Kier molecular flexibility index (Phi) is 4.62. The Balaban J connectivity index is 1.66.